The summed E-state index contributed by atoms with van der Waals surface area (Å²) in [7, 11) is 0. The molecule has 3 nitrogen and oxygen atoms in total. The van der Waals surface area contributed by atoms with Crippen LogP contribution in [0.3, 0.4) is 0 Å². The second-order valence-corrected chi connectivity index (χ2v) is 5.51. The highest BCUT2D eigenvalue weighted by atomic mass is 79.9. The average Bonchev–Trinajstić information content (AvgIpc) is 2.39. The molecule has 114 valence electrons. The SMILES string of the molecule is CCOC(=O)Cc1c(SC(F)(F)F)ccc(C#N)c1CBr. The van der Waals surface area contributed by atoms with Crippen LogP contribution in [0.15, 0.2) is 17.0 Å². The van der Waals surface area contributed by atoms with E-state index in [4.69, 9.17) is 10.00 Å². The Labute approximate surface area is 132 Å². The van der Waals surface area contributed by atoms with Crippen LogP contribution in [-0.4, -0.2) is 18.1 Å². The fourth-order valence-electron chi connectivity index (χ4n) is 1.70. The van der Waals surface area contributed by atoms with Gasteiger partial charge in [0.25, 0.3) is 0 Å². The zero-order chi connectivity index (χ0) is 16.0. The summed E-state index contributed by atoms with van der Waals surface area (Å²) in [6, 6.07) is 4.43. The molecule has 0 aliphatic rings. The Balaban J connectivity index is 3.30. The lowest BCUT2D eigenvalue weighted by Gasteiger charge is -2.15. The largest absolute Gasteiger partial charge is 0.466 e. The summed E-state index contributed by atoms with van der Waals surface area (Å²) in [4.78, 5) is 11.5. The van der Waals surface area contributed by atoms with E-state index in [2.05, 4.69) is 15.9 Å². The molecular formula is C13H11BrF3NO2S. The van der Waals surface area contributed by atoms with Gasteiger partial charge in [-0.3, -0.25) is 4.79 Å². The number of esters is 1. The first-order valence-electron chi connectivity index (χ1n) is 5.84. The molecule has 1 aromatic rings. The van der Waals surface area contributed by atoms with E-state index >= 15 is 0 Å². The summed E-state index contributed by atoms with van der Waals surface area (Å²) >= 11 is 2.85. The summed E-state index contributed by atoms with van der Waals surface area (Å²) in [6.07, 6.45) is -0.303. The molecule has 0 amide bonds. The van der Waals surface area contributed by atoms with Gasteiger partial charge >= 0.3 is 11.5 Å². The first kappa shape index (κ1) is 17.9. The Hall–Kier alpha value is -1.20. The van der Waals surface area contributed by atoms with E-state index in [1.165, 1.54) is 12.1 Å². The highest BCUT2D eigenvalue weighted by Crippen LogP contribution is 2.40. The molecule has 0 spiro atoms. The van der Waals surface area contributed by atoms with Crippen LogP contribution in [0.2, 0.25) is 0 Å². The van der Waals surface area contributed by atoms with Crippen LogP contribution >= 0.6 is 27.7 Å². The molecule has 0 N–H and O–H groups in total. The number of nitrogens with zero attached hydrogens (tertiary/aromatic N) is 1. The summed E-state index contributed by atoms with van der Waals surface area (Å²) in [5, 5.41) is 9.20. The van der Waals surface area contributed by atoms with Crippen LogP contribution in [0.25, 0.3) is 0 Å². The van der Waals surface area contributed by atoms with Crippen LogP contribution in [0, 0.1) is 11.3 Å². The van der Waals surface area contributed by atoms with Gasteiger partial charge in [0.05, 0.1) is 24.7 Å². The lowest BCUT2D eigenvalue weighted by atomic mass is 10.0. The second-order valence-electron chi connectivity index (χ2n) is 3.84. The number of carbonyl (C=O) groups excluding carboxylic acids is 1. The van der Waals surface area contributed by atoms with Crippen molar-refractivity contribution in [2.24, 2.45) is 0 Å². The number of nitriles is 1. The lowest BCUT2D eigenvalue weighted by Crippen LogP contribution is -2.12. The third-order valence-corrected chi connectivity index (χ3v) is 3.89. The van der Waals surface area contributed by atoms with Crippen molar-refractivity contribution in [2.75, 3.05) is 6.61 Å². The first-order valence-corrected chi connectivity index (χ1v) is 7.78. The van der Waals surface area contributed by atoms with E-state index in [0.717, 1.165) is 0 Å². The van der Waals surface area contributed by atoms with Gasteiger partial charge in [-0.2, -0.15) is 18.4 Å². The average molecular weight is 382 g/mol. The molecule has 8 heteroatoms. The number of benzene rings is 1. The summed E-state index contributed by atoms with van der Waals surface area (Å²) in [5.74, 6) is -0.626. The lowest BCUT2D eigenvalue weighted by molar-refractivity contribution is -0.142. The van der Waals surface area contributed by atoms with Crippen molar-refractivity contribution in [3.05, 3.63) is 28.8 Å². The van der Waals surface area contributed by atoms with E-state index in [1.54, 1.807) is 6.92 Å². The zero-order valence-corrected chi connectivity index (χ0v) is 13.4. The van der Waals surface area contributed by atoms with Crippen LogP contribution in [0.1, 0.15) is 23.6 Å². The van der Waals surface area contributed by atoms with Crippen LogP contribution in [0.5, 0.6) is 0 Å². The minimum Gasteiger partial charge on any atom is -0.466 e. The van der Waals surface area contributed by atoms with E-state index in [9.17, 15) is 18.0 Å². The fourth-order valence-corrected chi connectivity index (χ4v) is 3.04. The minimum absolute atomic E-state index is 0.0935. The van der Waals surface area contributed by atoms with Crippen molar-refractivity contribution in [1.82, 2.24) is 0 Å². The van der Waals surface area contributed by atoms with Crippen molar-refractivity contribution in [1.29, 1.82) is 5.26 Å². The Morgan fingerprint density at radius 3 is 2.57 bits per heavy atom. The van der Waals surface area contributed by atoms with Crippen molar-refractivity contribution in [3.8, 4) is 6.07 Å². The van der Waals surface area contributed by atoms with E-state index in [-0.39, 0.29) is 46.1 Å². The van der Waals surface area contributed by atoms with Gasteiger partial charge in [0.1, 0.15) is 0 Å². The minimum atomic E-state index is -4.47. The van der Waals surface area contributed by atoms with Gasteiger partial charge in [-0.05, 0) is 41.9 Å². The normalized spacial score (nSPS) is 11.0. The van der Waals surface area contributed by atoms with Crippen LogP contribution in [0.4, 0.5) is 13.2 Å². The molecule has 0 aliphatic heterocycles. The van der Waals surface area contributed by atoms with Gasteiger partial charge in [-0.15, -0.1) is 0 Å². The number of thioether (sulfide) groups is 1. The third-order valence-electron chi connectivity index (χ3n) is 2.49. The third kappa shape index (κ3) is 5.25. The number of carbonyl (C=O) groups is 1. The Morgan fingerprint density at radius 2 is 2.10 bits per heavy atom. The quantitative estimate of drug-likeness (QED) is 0.436. The number of rotatable bonds is 5. The maximum Gasteiger partial charge on any atom is 0.446 e. The molecule has 0 atom stereocenters. The molecule has 0 fully saturated rings. The topological polar surface area (TPSA) is 50.1 Å². The Morgan fingerprint density at radius 1 is 1.43 bits per heavy atom. The van der Waals surface area contributed by atoms with Crippen molar-refractivity contribution >= 4 is 33.7 Å². The first-order chi connectivity index (χ1) is 9.82. The molecule has 0 heterocycles. The molecule has 0 bridgehead atoms. The summed E-state index contributed by atoms with van der Waals surface area (Å²) < 4.78 is 42.6. The predicted octanol–water partition coefficient (Wildman–Crippen LogP) is 4.17. The smallest absolute Gasteiger partial charge is 0.446 e. The molecule has 1 rings (SSSR count). The second kappa shape index (κ2) is 7.71. The van der Waals surface area contributed by atoms with Crippen LogP contribution < -0.4 is 0 Å². The predicted molar refractivity (Wildman–Crippen MR) is 76.0 cm³/mol. The van der Waals surface area contributed by atoms with Crippen LogP contribution in [-0.2, 0) is 21.3 Å². The fraction of sp³-hybridized carbons (Fsp3) is 0.385. The highest BCUT2D eigenvalue weighted by Gasteiger charge is 2.31. The van der Waals surface area contributed by atoms with Crippen molar-refractivity contribution in [3.63, 3.8) is 0 Å². The van der Waals surface area contributed by atoms with E-state index < -0.39 is 11.5 Å². The number of halogens is 4. The maximum absolute atomic E-state index is 12.6. The van der Waals surface area contributed by atoms with Gasteiger partial charge in [-0.1, -0.05) is 15.9 Å². The maximum atomic E-state index is 12.6. The van der Waals surface area contributed by atoms with Gasteiger partial charge in [-0.25, -0.2) is 0 Å². The molecule has 0 saturated carbocycles. The van der Waals surface area contributed by atoms with E-state index in [1.807, 2.05) is 6.07 Å². The number of hydrogen-bond donors (Lipinski definition) is 0. The highest BCUT2D eigenvalue weighted by molar-refractivity contribution is 9.08. The monoisotopic (exact) mass is 381 g/mol. The number of hydrogen-bond acceptors (Lipinski definition) is 4. The van der Waals surface area contributed by atoms with Crippen molar-refractivity contribution in [2.45, 2.75) is 29.1 Å². The summed E-state index contributed by atoms with van der Waals surface area (Å²) in [5.41, 5.74) is -3.69. The molecule has 0 saturated heterocycles. The molecule has 21 heavy (non-hydrogen) atoms. The Kier molecular flexibility index (Phi) is 6.55. The van der Waals surface area contributed by atoms with Crippen molar-refractivity contribution < 1.29 is 22.7 Å². The van der Waals surface area contributed by atoms with E-state index in [0.29, 0.717) is 5.56 Å². The molecule has 0 aromatic heterocycles. The Bertz CT molecular complexity index is 570. The molecule has 0 radical (unpaired) electrons. The number of ether oxygens (including phenoxy) is 1. The number of alkyl halides is 4. The zero-order valence-electron chi connectivity index (χ0n) is 11.0. The summed E-state index contributed by atoms with van der Waals surface area (Å²) in [6.45, 7) is 1.75. The van der Waals surface area contributed by atoms with Gasteiger partial charge in [0.15, 0.2) is 0 Å². The standard InChI is InChI=1S/C13H11BrF3NO2S/c1-2-20-12(19)5-9-10(6-14)8(7-18)3-4-11(9)21-13(15,16)17/h3-4H,2,5-6H2,1H3. The van der Waals surface area contributed by atoms with Gasteiger partial charge in [0, 0.05) is 10.2 Å². The molecule has 1 aromatic carbocycles. The molecule has 0 aliphatic carbocycles. The van der Waals surface area contributed by atoms with Gasteiger partial charge in [0.2, 0.25) is 0 Å². The van der Waals surface area contributed by atoms with Gasteiger partial charge < -0.3 is 4.74 Å². The molecular weight excluding hydrogens is 371 g/mol. The molecule has 0 unspecified atom stereocenters.